The third kappa shape index (κ3) is 2.45. The average molecular weight is 328 g/mol. The van der Waals surface area contributed by atoms with E-state index in [2.05, 4.69) is 16.2 Å². The Kier molecular flexibility index (Phi) is 3.72. The van der Waals surface area contributed by atoms with E-state index in [0.717, 1.165) is 38.2 Å². The number of aryl methyl sites for hydroxylation is 1. The van der Waals surface area contributed by atoms with Crippen LogP contribution in [0.5, 0.6) is 0 Å². The van der Waals surface area contributed by atoms with Gasteiger partial charge < -0.3 is 9.32 Å². The lowest BCUT2D eigenvalue weighted by Crippen LogP contribution is -2.53. The molecule has 0 radical (unpaired) electrons. The molecule has 1 unspecified atom stereocenters. The number of amides is 1. The molecule has 0 aromatic carbocycles. The zero-order chi connectivity index (χ0) is 16.7. The van der Waals surface area contributed by atoms with E-state index in [1.165, 1.54) is 5.56 Å². The number of hydrogen-bond acceptors (Lipinski definition) is 4. The zero-order valence-electron chi connectivity index (χ0n) is 14.3. The smallest absolute Gasteiger partial charge is 0.223 e. The quantitative estimate of drug-likeness (QED) is 0.865. The van der Waals surface area contributed by atoms with E-state index in [-0.39, 0.29) is 17.4 Å². The molecule has 0 N–H and O–H groups in total. The summed E-state index contributed by atoms with van der Waals surface area (Å²) in [4.78, 5) is 16.9. The summed E-state index contributed by atoms with van der Waals surface area (Å²) in [7, 11) is 3.91. The van der Waals surface area contributed by atoms with Crippen molar-refractivity contribution in [3.63, 3.8) is 0 Å². The van der Waals surface area contributed by atoms with Gasteiger partial charge >= 0.3 is 0 Å². The van der Waals surface area contributed by atoms with Crippen LogP contribution in [-0.4, -0.2) is 51.2 Å². The lowest BCUT2D eigenvalue weighted by Gasteiger charge is -2.46. The molecule has 1 amide bonds. The summed E-state index contributed by atoms with van der Waals surface area (Å²) in [6.45, 7) is 2.81. The minimum atomic E-state index is -0.0697. The first-order valence-corrected chi connectivity index (χ1v) is 8.58. The Hall–Kier alpha value is -2.08. The van der Waals surface area contributed by atoms with Crippen molar-refractivity contribution in [3.8, 4) is 0 Å². The van der Waals surface area contributed by atoms with E-state index < -0.39 is 0 Å². The van der Waals surface area contributed by atoms with Crippen molar-refractivity contribution in [2.75, 3.05) is 20.1 Å². The highest BCUT2D eigenvalue weighted by molar-refractivity contribution is 5.81. The maximum atomic E-state index is 12.4. The monoisotopic (exact) mass is 328 g/mol. The summed E-state index contributed by atoms with van der Waals surface area (Å²) in [6.07, 6.45) is 8.30. The van der Waals surface area contributed by atoms with Gasteiger partial charge in [0.25, 0.3) is 0 Å². The van der Waals surface area contributed by atoms with Gasteiger partial charge in [-0.1, -0.05) is 0 Å². The largest absolute Gasteiger partial charge is 0.468 e. The lowest BCUT2D eigenvalue weighted by molar-refractivity contribution is -0.130. The van der Waals surface area contributed by atoms with Gasteiger partial charge in [0.1, 0.15) is 5.76 Å². The fraction of sp³-hybridized carbons (Fsp3) is 0.556. The molecular formula is C18H24N4O2. The van der Waals surface area contributed by atoms with Gasteiger partial charge in [-0.15, -0.1) is 0 Å². The molecule has 2 fully saturated rings. The molecule has 1 atom stereocenters. The number of hydrogen-bond donors (Lipinski definition) is 0. The molecule has 2 saturated heterocycles. The summed E-state index contributed by atoms with van der Waals surface area (Å²) in [5, 5.41) is 4.32. The lowest BCUT2D eigenvalue weighted by atomic mass is 9.74. The Morgan fingerprint density at radius 2 is 2.12 bits per heavy atom. The standard InChI is InChI=1S/C18H24N4O2/c1-20-12-14(11-19-20)16-10-17(23)21(2)18(16)5-7-22(8-6-18)13-15-4-3-9-24-15/h3-4,9,11-12,16H,5-8,10,13H2,1-2H3. The van der Waals surface area contributed by atoms with Crippen molar-refractivity contribution >= 4 is 5.91 Å². The molecule has 4 heterocycles. The Labute approximate surface area is 142 Å². The summed E-state index contributed by atoms with van der Waals surface area (Å²) < 4.78 is 7.30. The van der Waals surface area contributed by atoms with Crippen LogP contribution in [0.3, 0.4) is 0 Å². The van der Waals surface area contributed by atoms with Gasteiger partial charge in [-0.3, -0.25) is 14.4 Å². The maximum absolute atomic E-state index is 12.4. The molecule has 6 nitrogen and oxygen atoms in total. The highest BCUT2D eigenvalue weighted by Gasteiger charge is 2.52. The highest BCUT2D eigenvalue weighted by atomic mass is 16.3. The van der Waals surface area contributed by atoms with E-state index in [9.17, 15) is 4.79 Å². The van der Waals surface area contributed by atoms with Crippen molar-refractivity contribution in [1.29, 1.82) is 0 Å². The van der Waals surface area contributed by atoms with E-state index in [0.29, 0.717) is 6.42 Å². The van der Waals surface area contributed by atoms with Crippen LogP contribution in [0.4, 0.5) is 0 Å². The second kappa shape index (κ2) is 5.77. The van der Waals surface area contributed by atoms with Crippen LogP contribution in [0.15, 0.2) is 35.2 Å². The van der Waals surface area contributed by atoms with Crippen molar-refractivity contribution in [2.24, 2.45) is 7.05 Å². The number of furan rings is 1. The first-order chi connectivity index (χ1) is 11.6. The van der Waals surface area contributed by atoms with Crippen molar-refractivity contribution < 1.29 is 9.21 Å². The maximum Gasteiger partial charge on any atom is 0.223 e. The van der Waals surface area contributed by atoms with E-state index >= 15 is 0 Å². The normalized spacial score (nSPS) is 24.2. The molecular weight excluding hydrogens is 304 g/mol. The number of carbonyl (C=O) groups is 1. The number of likely N-dealkylation sites (tertiary alicyclic amines) is 2. The minimum Gasteiger partial charge on any atom is -0.468 e. The molecule has 2 aliphatic rings. The Bertz CT molecular complexity index is 713. The van der Waals surface area contributed by atoms with Gasteiger partial charge in [0, 0.05) is 45.7 Å². The Balaban J connectivity index is 1.53. The van der Waals surface area contributed by atoms with E-state index in [1.807, 2.05) is 42.0 Å². The first kappa shape index (κ1) is 15.4. The van der Waals surface area contributed by atoms with Crippen molar-refractivity contribution in [2.45, 2.75) is 37.3 Å². The van der Waals surface area contributed by atoms with Gasteiger partial charge in [0.05, 0.1) is 24.5 Å². The van der Waals surface area contributed by atoms with Crippen LogP contribution in [0, 0.1) is 0 Å². The van der Waals surface area contributed by atoms with Crippen molar-refractivity contribution in [3.05, 3.63) is 42.1 Å². The third-order valence-corrected chi connectivity index (χ3v) is 5.88. The molecule has 0 bridgehead atoms. The molecule has 0 saturated carbocycles. The SMILES string of the molecule is CN1C(=O)CC(c2cnn(C)c2)C12CCN(Cc1ccco1)CC2. The van der Waals surface area contributed by atoms with Gasteiger partial charge in [-0.25, -0.2) is 0 Å². The molecule has 0 aliphatic carbocycles. The number of rotatable bonds is 3. The van der Waals surface area contributed by atoms with Gasteiger partial charge in [-0.2, -0.15) is 5.10 Å². The molecule has 1 spiro atoms. The molecule has 6 heteroatoms. The molecule has 2 aliphatic heterocycles. The number of likely N-dealkylation sites (N-methyl/N-ethyl adjacent to an activating group) is 1. The fourth-order valence-electron chi connectivity index (χ4n) is 4.44. The second-order valence-electron chi connectivity index (χ2n) is 7.12. The second-order valence-corrected chi connectivity index (χ2v) is 7.12. The zero-order valence-corrected chi connectivity index (χ0v) is 14.3. The van der Waals surface area contributed by atoms with Gasteiger partial charge in [0.2, 0.25) is 5.91 Å². The fourth-order valence-corrected chi connectivity index (χ4v) is 4.44. The summed E-state index contributed by atoms with van der Waals surface area (Å²) in [5.74, 6) is 1.50. The summed E-state index contributed by atoms with van der Waals surface area (Å²) in [6, 6.07) is 3.96. The van der Waals surface area contributed by atoms with Gasteiger partial charge in [0.15, 0.2) is 0 Å². The van der Waals surface area contributed by atoms with Gasteiger partial charge in [-0.05, 0) is 30.5 Å². The predicted molar refractivity (Wildman–Crippen MR) is 89.3 cm³/mol. The summed E-state index contributed by atoms with van der Waals surface area (Å²) >= 11 is 0. The molecule has 24 heavy (non-hydrogen) atoms. The molecule has 2 aromatic heterocycles. The number of nitrogens with zero attached hydrogens (tertiary/aromatic N) is 4. The van der Waals surface area contributed by atoms with Crippen LogP contribution in [0.2, 0.25) is 0 Å². The first-order valence-electron chi connectivity index (χ1n) is 8.58. The van der Waals surface area contributed by atoms with Crippen LogP contribution in [0.1, 0.15) is 36.5 Å². The van der Waals surface area contributed by atoms with Crippen LogP contribution >= 0.6 is 0 Å². The topological polar surface area (TPSA) is 54.5 Å². The van der Waals surface area contributed by atoms with Crippen molar-refractivity contribution in [1.82, 2.24) is 19.6 Å². The molecule has 128 valence electrons. The van der Waals surface area contributed by atoms with E-state index in [1.54, 1.807) is 6.26 Å². The Morgan fingerprint density at radius 3 is 2.75 bits per heavy atom. The van der Waals surface area contributed by atoms with Crippen LogP contribution in [-0.2, 0) is 18.4 Å². The number of piperidine rings is 1. The highest BCUT2D eigenvalue weighted by Crippen LogP contribution is 2.48. The predicted octanol–water partition coefficient (Wildman–Crippen LogP) is 1.99. The molecule has 4 rings (SSSR count). The van der Waals surface area contributed by atoms with Crippen LogP contribution in [0.25, 0.3) is 0 Å². The average Bonchev–Trinajstić information content (AvgIpc) is 3.28. The third-order valence-electron chi connectivity index (χ3n) is 5.88. The van der Waals surface area contributed by atoms with E-state index in [4.69, 9.17) is 4.42 Å². The number of aromatic nitrogens is 2. The number of carbonyl (C=O) groups excluding carboxylic acids is 1. The van der Waals surface area contributed by atoms with Crippen LogP contribution < -0.4 is 0 Å². The summed E-state index contributed by atoms with van der Waals surface area (Å²) in [5.41, 5.74) is 1.12. The molecule has 2 aromatic rings. The minimum absolute atomic E-state index is 0.0697. The Morgan fingerprint density at radius 1 is 1.33 bits per heavy atom.